The highest BCUT2D eigenvalue weighted by molar-refractivity contribution is 7.12. The van der Waals surface area contributed by atoms with E-state index in [0.717, 1.165) is 11.3 Å². The molecule has 8 heteroatoms. The zero-order chi connectivity index (χ0) is 19.2. The number of hydrogen-bond donors (Lipinski definition) is 0. The number of ether oxygens (including phenoxy) is 2. The molecule has 140 valence electrons. The number of hydrogen-bond acceptors (Lipinski definition) is 8. The lowest BCUT2D eigenvalue weighted by atomic mass is 10.2. The van der Waals surface area contributed by atoms with E-state index in [0.29, 0.717) is 10.8 Å². The summed E-state index contributed by atoms with van der Waals surface area (Å²) >= 11 is 1.35. The quantitative estimate of drug-likeness (QED) is 0.425. The van der Waals surface area contributed by atoms with Crippen molar-refractivity contribution < 1.29 is 23.5 Å². The fourth-order valence-corrected chi connectivity index (χ4v) is 3.03. The summed E-state index contributed by atoms with van der Waals surface area (Å²) in [5.74, 6) is 0.672. The Labute approximate surface area is 159 Å². The minimum Gasteiger partial charge on any atom is -0.497 e. The molecule has 0 saturated heterocycles. The largest absolute Gasteiger partial charge is 0.497 e. The summed E-state index contributed by atoms with van der Waals surface area (Å²) in [6, 6.07) is 10.7. The van der Waals surface area contributed by atoms with Crippen molar-refractivity contribution in [3.8, 4) is 17.2 Å². The average molecular weight is 386 g/mol. The van der Waals surface area contributed by atoms with E-state index < -0.39 is 12.1 Å². The van der Waals surface area contributed by atoms with Crippen molar-refractivity contribution >= 4 is 23.1 Å². The van der Waals surface area contributed by atoms with Crippen LogP contribution in [0.5, 0.6) is 5.75 Å². The van der Waals surface area contributed by atoms with Gasteiger partial charge >= 0.3 is 5.97 Å². The second-order valence-corrected chi connectivity index (χ2v) is 6.65. The van der Waals surface area contributed by atoms with Gasteiger partial charge in [-0.1, -0.05) is 6.07 Å². The molecule has 0 spiro atoms. The molecule has 0 radical (unpaired) electrons. The third kappa shape index (κ3) is 4.79. The molecule has 0 aliphatic heterocycles. The van der Waals surface area contributed by atoms with Crippen LogP contribution < -0.4 is 4.74 Å². The number of aromatic nitrogens is 2. The summed E-state index contributed by atoms with van der Waals surface area (Å²) < 4.78 is 16.0. The topological polar surface area (TPSA) is 91.5 Å². The first-order chi connectivity index (χ1) is 13.1. The van der Waals surface area contributed by atoms with Gasteiger partial charge < -0.3 is 13.9 Å². The summed E-state index contributed by atoms with van der Waals surface area (Å²) in [7, 11) is 1.59. The Balaban J connectivity index is 1.54. The van der Waals surface area contributed by atoms with E-state index >= 15 is 0 Å². The van der Waals surface area contributed by atoms with Gasteiger partial charge in [-0.2, -0.15) is 0 Å². The number of esters is 1. The lowest BCUT2D eigenvalue weighted by molar-refractivity contribution is -0.149. The maximum atomic E-state index is 12.0. The molecule has 0 N–H and O–H groups in total. The van der Waals surface area contributed by atoms with Gasteiger partial charge in [-0.05, 0) is 42.6 Å². The number of methoxy groups -OCH3 is 1. The molecule has 0 saturated carbocycles. The van der Waals surface area contributed by atoms with Crippen molar-refractivity contribution in [2.75, 3.05) is 7.11 Å². The van der Waals surface area contributed by atoms with Gasteiger partial charge in [-0.25, -0.2) is 0 Å². The Hall–Kier alpha value is -3.00. The molecule has 2 heterocycles. The predicted octanol–water partition coefficient (Wildman–Crippen LogP) is 4.07. The van der Waals surface area contributed by atoms with Crippen LogP contribution in [0.3, 0.4) is 0 Å². The highest BCUT2D eigenvalue weighted by atomic mass is 32.1. The molecule has 7 nitrogen and oxygen atoms in total. The third-order valence-corrected chi connectivity index (χ3v) is 4.70. The molecule has 0 fully saturated rings. The smallest absolute Gasteiger partial charge is 0.307 e. The van der Waals surface area contributed by atoms with E-state index in [1.807, 2.05) is 5.38 Å². The number of nitrogens with zero attached hydrogens (tertiary/aromatic N) is 2. The van der Waals surface area contributed by atoms with Crippen LogP contribution in [0.15, 0.2) is 46.2 Å². The van der Waals surface area contributed by atoms with E-state index in [1.165, 1.54) is 11.3 Å². The predicted molar refractivity (Wildman–Crippen MR) is 98.7 cm³/mol. The van der Waals surface area contributed by atoms with Crippen LogP contribution in [0.2, 0.25) is 0 Å². The molecule has 27 heavy (non-hydrogen) atoms. The van der Waals surface area contributed by atoms with Crippen LogP contribution in [-0.4, -0.2) is 29.1 Å². The Kier molecular flexibility index (Phi) is 5.97. The van der Waals surface area contributed by atoms with E-state index in [-0.39, 0.29) is 24.5 Å². The normalized spacial score (nSPS) is 11.8. The lowest BCUT2D eigenvalue weighted by Gasteiger charge is -2.08. The fourth-order valence-electron chi connectivity index (χ4n) is 2.33. The van der Waals surface area contributed by atoms with Crippen LogP contribution in [0.4, 0.5) is 0 Å². The Morgan fingerprint density at radius 2 is 1.93 bits per heavy atom. The van der Waals surface area contributed by atoms with E-state index in [1.54, 1.807) is 50.4 Å². The molecule has 1 atom stereocenters. The van der Waals surface area contributed by atoms with Gasteiger partial charge in [0.1, 0.15) is 5.75 Å². The van der Waals surface area contributed by atoms with Gasteiger partial charge in [0.15, 0.2) is 11.9 Å². The zero-order valence-electron chi connectivity index (χ0n) is 14.9. The number of carbonyl (C=O) groups is 2. The van der Waals surface area contributed by atoms with Gasteiger partial charge in [-0.15, -0.1) is 21.5 Å². The van der Waals surface area contributed by atoms with E-state index in [4.69, 9.17) is 13.9 Å². The molecule has 2 aromatic heterocycles. The Morgan fingerprint density at radius 3 is 2.59 bits per heavy atom. The van der Waals surface area contributed by atoms with Crippen LogP contribution in [0.25, 0.3) is 11.5 Å². The first kappa shape index (κ1) is 18.8. The number of thiophene rings is 1. The molecule has 0 aliphatic carbocycles. The maximum absolute atomic E-state index is 12.0. The highest BCUT2D eigenvalue weighted by Crippen LogP contribution is 2.24. The van der Waals surface area contributed by atoms with Gasteiger partial charge in [0.05, 0.1) is 18.4 Å². The van der Waals surface area contributed by atoms with E-state index in [2.05, 4.69) is 10.2 Å². The van der Waals surface area contributed by atoms with Crippen LogP contribution in [0, 0.1) is 0 Å². The van der Waals surface area contributed by atoms with Crippen LogP contribution in [0.1, 0.15) is 41.4 Å². The molecule has 0 aliphatic rings. The first-order valence-electron chi connectivity index (χ1n) is 8.31. The summed E-state index contributed by atoms with van der Waals surface area (Å²) in [6.45, 7) is 1.64. The number of Topliss-reactive ketones (excluding diaryl/α,β-unsaturated/α-hetero) is 1. The second kappa shape index (κ2) is 8.59. The average Bonchev–Trinajstić information content (AvgIpc) is 3.38. The summed E-state index contributed by atoms with van der Waals surface area (Å²) in [5.41, 5.74) is 0.731. The molecule has 0 bridgehead atoms. The van der Waals surface area contributed by atoms with Crippen LogP contribution >= 0.6 is 11.3 Å². The molecule has 3 aromatic rings. The SMILES string of the molecule is COc1ccc(-c2nnc([C@H](C)OC(=O)CCC(=O)c3cccs3)o2)cc1. The summed E-state index contributed by atoms with van der Waals surface area (Å²) in [5, 5.41) is 9.73. The summed E-state index contributed by atoms with van der Waals surface area (Å²) in [6.07, 6.45) is -0.595. The minimum atomic E-state index is -0.700. The van der Waals surface area contributed by atoms with Crippen molar-refractivity contribution in [2.45, 2.75) is 25.9 Å². The maximum Gasteiger partial charge on any atom is 0.307 e. The monoisotopic (exact) mass is 386 g/mol. The van der Waals surface area contributed by atoms with Gasteiger partial charge in [0, 0.05) is 12.0 Å². The van der Waals surface area contributed by atoms with Crippen molar-refractivity contribution in [3.05, 3.63) is 52.5 Å². The Bertz CT molecular complexity index is 903. The number of rotatable bonds is 8. The fraction of sp³-hybridized carbons (Fsp3) is 0.263. The zero-order valence-corrected chi connectivity index (χ0v) is 15.7. The Morgan fingerprint density at radius 1 is 1.15 bits per heavy atom. The minimum absolute atomic E-state index is 0.000543. The standard InChI is InChI=1S/C19H18N2O5S/c1-12(25-17(23)10-9-15(22)16-4-3-11-27-16)18-20-21-19(26-18)13-5-7-14(24-2)8-6-13/h3-8,11-12H,9-10H2,1-2H3/t12-/m0/s1. The molecule has 0 amide bonds. The van der Waals surface area contributed by atoms with Crippen molar-refractivity contribution in [1.82, 2.24) is 10.2 Å². The highest BCUT2D eigenvalue weighted by Gasteiger charge is 2.20. The van der Waals surface area contributed by atoms with Gasteiger partial charge in [-0.3, -0.25) is 9.59 Å². The lowest BCUT2D eigenvalue weighted by Crippen LogP contribution is -2.11. The second-order valence-electron chi connectivity index (χ2n) is 5.71. The van der Waals surface area contributed by atoms with Gasteiger partial charge in [0.2, 0.25) is 5.89 Å². The first-order valence-corrected chi connectivity index (χ1v) is 9.19. The number of benzene rings is 1. The molecular weight excluding hydrogens is 368 g/mol. The molecule has 0 unspecified atom stereocenters. The number of carbonyl (C=O) groups excluding carboxylic acids is 2. The van der Waals surface area contributed by atoms with Gasteiger partial charge in [0.25, 0.3) is 5.89 Å². The molecular formula is C19H18N2O5S. The van der Waals surface area contributed by atoms with Crippen LogP contribution in [-0.2, 0) is 9.53 Å². The number of ketones is 1. The molecule has 3 rings (SSSR count). The van der Waals surface area contributed by atoms with Crippen molar-refractivity contribution in [3.63, 3.8) is 0 Å². The van der Waals surface area contributed by atoms with Crippen molar-refractivity contribution in [1.29, 1.82) is 0 Å². The van der Waals surface area contributed by atoms with E-state index in [9.17, 15) is 9.59 Å². The summed E-state index contributed by atoms with van der Waals surface area (Å²) in [4.78, 5) is 24.5. The molecule has 1 aromatic carbocycles. The third-order valence-electron chi connectivity index (χ3n) is 3.79. The van der Waals surface area contributed by atoms with Crippen molar-refractivity contribution in [2.24, 2.45) is 0 Å².